The van der Waals surface area contributed by atoms with Crippen molar-refractivity contribution in [3.05, 3.63) is 17.5 Å². The minimum Gasteiger partial charge on any atom is -0.396 e. The van der Waals surface area contributed by atoms with Gasteiger partial charge in [0.05, 0.1) is 5.69 Å². The van der Waals surface area contributed by atoms with Gasteiger partial charge in [0, 0.05) is 24.3 Å². The molecule has 0 spiro atoms. The fourth-order valence-electron chi connectivity index (χ4n) is 2.84. The van der Waals surface area contributed by atoms with Crippen LogP contribution in [0.4, 0.5) is 0 Å². The maximum Gasteiger partial charge on any atom is 0.0624 e. The minimum absolute atomic E-state index is 0.0587. The van der Waals surface area contributed by atoms with Crippen LogP contribution < -0.4 is 5.32 Å². The molecule has 0 saturated carbocycles. The average molecular weight is 251 g/mol. The third kappa shape index (κ3) is 2.75. The van der Waals surface area contributed by atoms with E-state index in [4.69, 9.17) is 0 Å². The molecule has 0 aliphatic carbocycles. The molecule has 0 radical (unpaired) electrons. The smallest absolute Gasteiger partial charge is 0.0624 e. The second-order valence-corrected chi connectivity index (χ2v) is 5.38. The van der Waals surface area contributed by atoms with Crippen LogP contribution in [-0.2, 0) is 19.4 Å². The van der Waals surface area contributed by atoms with Gasteiger partial charge >= 0.3 is 0 Å². The van der Waals surface area contributed by atoms with Crippen molar-refractivity contribution in [2.24, 2.45) is 5.41 Å². The van der Waals surface area contributed by atoms with Crippen LogP contribution in [0, 0.1) is 5.41 Å². The molecule has 0 bridgehead atoms. The Balaban J connectivity index is 2.17. The SMILES string of the molecule is CCc1cc(CC2(CO)CCNCC2)n(CC)n1. The summed E-state index contributed by atoms with van der Waals surface area (Å²) in [5, 5.41) is 17.7. The third-order valence-corrected chi connectivity index (χ3v) is 4.13. The standard InChI is InChI=1S/C14H25N3O/c1-3-12-9-13(17(4-2)16-12)10-14(11-18)5-7-15-8-6-14/h9,15,18H,3-8,10-11H2,1-2H3. The summed E-state index contributed by atoms with van der Waals surface area (Å²) < 4.78 is 2.10. The maximum absolute atomic E-state index is 9.77. The molecule has 1 aliphatic rings. The molecule has 1 aromatic rings. The Morgan fingerprint density at radius 2 is 2.11 bits per heavy atom. The molecule has 4 nitrogen and oxygen atoms in total. The van der Waals surface area contributed by atoms with Crippen molar-refractivity contribution in [2.45, 2.75) is 46.1 Å². The van der Waals surface area contributed by atoms with Crippen molar-refractivity contribution in [3.63, 3.8) is 0 Å². The zero-order valence-corrected chi connectivity index (χ0v) is 11.6. The number of aryl methyl sites for hydroxylation is 2. The molecule has 2 rings (SSSR count). The zero-order chi connectivity index (χ0) is 13.0. The van der Waals surface area contributed by atoms with Gasteiger partial charge in [0.25, 0.3) is 0 Å². The summed E-state index contributed by atoms with van der Waals surface area (Å²) in [7, 11) is 0. The lowest BCUT2D eigenvalue weighted by atomic mass is 9.76. The molecule has 18 heavy (non-hydrogen) atoms. The molecule has 0 unspecified atom stereocenters. The first-order chi connectivity index (χ1) is 8.73. The molecule has 0 aromatic carbocycles. The summed E-state index contributed by atoms with van der Waals surface area (Å²) >= 11 is 0. The second kappa shape index (κ2) is 5.85. The van der Waals surface area contributed by atoms with Gasteiger partial charge in [-0.05, 0) is 51.8 Å². The van der Waals surface area contributed by atoms with E-state index in [0.29, 0.717) is 0 Å². The molecule has 0 atom stereocenters. The molecule has 4 heteroatoms. The molecule has 2 N–H and O–H groups in total. The highest BCUT2D eigenvalue weighted by molar-refractivity contribution is 5.13. The fraction of sp³-hybridized carbons (Fsp3) is 0.786. The number of nitrogens with one attached hydrogen (secondary N) is 1. The van der Waals surface area contributed by atoms with E-state index in [2.05, 4.69) is 35.0 Å². The highest BCUT2D eigenvalue weighted by atomic mass is 16.3. The topological polar surface area (TPSA) is 50.1 Å². The highest BCUT2D eigenvalue weighted by Gasteiger charge is 2.32. The van der Waals surface area contributed by atoms with E-state index in [1.54, 1.807) is 0 Å². The highest BCUT2D eigenvalue weighted by Crippen LogP contribution is 2.32. The minimum atomic E-state index is 0.0587. The van der Waals surface area contributed by atoms with Crippen LogP contribution in [-0.4, -0.2) is 34.6 Å². The Kier molecular flexibility index (Phi) is 4.40. The predicted molar refractivity (Wildman–Crippen MR) is 72.6 cm³/mol. The van der Waals surface area contributed by atoms with Crippen molar-refractivity contribution in [1.82, 2.24) is 15.1 Å². The molecule has 1 aromatic heterocycles. The van der Waals surface area contributed by atoms with Crippen LogP contribution in [0.15, 0.2) is 6.07 Å². The van der Waals surface area contributed by atoms with E-state index in [-0.39, 0.29) is 12.0 Å². The lowest BCUT2D eigenvalue weighted by molar-refractivity contribution is 0.0872. The molecular formula is C14H25N3O. The fourth-order valence-corrected chi connectivity index (χ4v) is 2.84. The Morgan fingerprint density at radius 3 is 2.67 bits per heavy atom. The predicted octanol–water partition coefficient (Wildman–Crippen LogP) is 1.37. The van der Waals surface area contributed by atoms with Crippen molar-refractivity contribution in [2.75, 3.05) is 19.7 Å². The molecular weight excluding hydrogens is 226 g/mol. The van der Waals surface area contributed by atoms with Crippen molar-refractivity contribution < 1.29 is 5.11 Å². The van der Waals surface area contributed by atoms with Gasteiger partial charge in [-0.15, -0.1) is 0 Å². The van der Waals surface area contributed by atoms with E-state index >= 15 is 0 Å². The van der Waals surface area contributed by atoms with Crippen LogP contribution in [0.5, 0.6) is 0 Å². The van der Waals surface area contributed by atoms with Crippen LogP contribution >= 0.6 is 0 Å². The number of aliphatic hydroxyl groups is 1. The second-order valence-electron chi connectivity index (χ2n) is 5.38. The van der Waals surface area contributed by atoms with Crippen LogP contribution in [0.25, 0.3) is 0 Å². The normalized spacial score (nSPS) is 19.1. The molecule has 102 valence electrons. The number of nitrogens with zero attached hydrogens (tertiary/aromatic N) is 2. The maximum atomic E-state index is 9.77. The van der Waals surface area contributed by atoms with Crippen molar-refractivity contribution >= 4 is 0 Å². The summed E-state index contributed by atoms with van der Waals surface area (Å²) in [6.45, 7) is 7.49. The van der Waals surface area contributed by atoms with Gasteiger partial charge in [-0.1, -0.05) is 6.92 Å². The average Bonchev–Trinajstić information content (AvgIpc) is 2.82. The van der Waals surface area contributed by atoms with E-state index in [0.717, 1.165) is 51.0 Å². The first-order valence-corrected chi connectivity index (χ1v) is 7.10. The van der Waals surface area contributed by atoms with Crippen LogP contribution in [0.2, 0.25) is 0 Å². The van der Waals surface area contributed by atoms with Gasteiger partial charge in [0.15, 0.2) is 0 Å². The van der Waals surface area contributed by atoms with Gasteiger partial charge in [-0.25, -0.2) is 0 Å². The zero-order valence-electron chi connectivity index (χ0n) is 11.6. The largest absolute Gasteiger partial charge is 0.396 e. The first-order valence-electron chi connectivity index (χ1n) is 7.10. The van der Waals surface area contributed by atoms with Gasteiger partial charge in [-0.3, -0.25) is 4.68 Å². The lowest BCUT2D eigenvalue weighted by Gasteiger charge is -2.36. The van der Waals surface area contributed by atoms with E-state index in [9.17, 15) is 5.11 Å². The van der Waals surface area contributed by atoms with Gasteiger partial charge < -0.3 is 10.4 Å². The lowest BCUT2D eigenvalue weighted by Crippen LogP contribution is -2.41. The number of aliphatic hydroxyl groups excluding tert-OH is 1. The number of aromatic nitrogens is 2. The third-order valence-electron chi connectivity index (χ3n) is 4.13. The number of piperidine rings is 1. The van der Waals surface area contributed by atoms with Gasteiger partial charge in [-0.2, -0.15) is 5.10 Å². The van der Waals surface area contributed by atoms with Crippen molar-refractivity contribution in [3.8, 4) is 0 Å². The quantitative estimate of drug-likeness (QED) is 0.831. The number of hydrogen-bond acceptors (Lipinski definition) is 3. The summed E-state index contributed by atoms with van der Waals surface area (Å²) in [5.41, 5.74) is 2.50. The molecule has 0 amide bonds. The van der Waals surface area contributed by atoms with E-state index < -0.39 is 0 Å². The Labute approximate surface area is 109 Å². The Bertz CT molecular complexity index is 380. The number of hydrogen-bond donors (Lipinski definition) is 2. The molecule has 2 heterocycles. The summed E-state index contributed by atoms with van der Waals surface area (Å²) in [5.74, 6) is 0. The van der Waals surface area contributed by atoms with Crippen molar-refractivity contribution in [1.29, 1.82) is 0 Å². The van der Waals surface area contributed by atoms with Gasteiger partial charge in [0.2, 0.25) is 0 Å². The monoisotopic (exact) mass is 251 g/mol. The summed E-state index contributed by atoms with van der Waals surface area (Å²) in [6.07, 6.45) is 4.04. The van der Waals surface area contributed by atoms with E-state index in [1.807, 2.05) is 0 Å². The van der Waals surface area contributed by atoms with Gasteiger partial charge in [0.1, 0.15) is 0 Å². The Morgan fingerprint density at radius 1 is 1.39 bits per heavy atom. The molecule has 1 fully saturated rings. The molecule has 1 saturated heterocycles. The Hall–Kier alpha value is -0.870. The van der Waals surface area contributed by atoms with Crippen LogP contribution in [0.1, 0.15) is 38.1 Å². The van der Waals surface area contributed by atoms with Crippen LogP contribution in [0.3, 0.4) is 0 Å². The number of rotatable bonds is 5. The first kappa shape index (κ1) is 13.6. The van der Waals surface area contributed by atoms with E-state index in [1.165, 1.54) is 5.69 Å². The summed E-state index contributed by atoms with van der Waals surface area (Å²) in [6, 6.07) is 2.21. The summed E-state index contributed by atoms with van der Waals surface area (Å²) in [4.78, 5) is 0. The molecule has 1 aliphatic heterocycles.